The fourth-order valence-corrected chi connectivity index (χ4v) is 1.93. The number of esters is 1. The van der Waals surface area contributed by atoms with Crippen molar-refractivity contribution in [2.75, 3.05) is 13.7 Å². The fraction of sp³-hybridized carbons (Fsp3) is 0.562. The van der Waals surface area contributed by atoms with Gasteiger partial charge in [-0.25, -0.2) is 4.79 Å². The molecule has 2 unspecified atom stereocenters. The maximum Gasteiger partial charge on any atom is 0.347 e. The maximum atomic E-state index is 11.7. The quantitative estimate of drug-likeness (QED) is 0.745. The average Bonchev–Trinajstić information content (AvgIpc) is 2.48. The van der Waals surface area contributed by atoms with Gasteiger partial charge >= 0.3 is 5.97 Å². The van der Waals surface area contributed by atoms with E-state index >= 15 is 0 Å². The molecule has 0 spiro atoms. The van der Waals surface area contributed by atoms with E-state index in [9.17, 15) is 4.79 Å². The number of benzene rings is 1. The van der Waals surface area contributed by atoms with Crippen molar-refractivity contribution >= 4 is 5.97 Å². The van der Waals surface area contributed by atoms with E-state index in [1.165, 1.54) is 0 Å². The molecule has 0 aliphatic carbocycles. The van der Waals surface area contributed by atoms with E-state index in [4.69, 9.17) is 19.9 Å². The van der Waals surface area contributed by atoms with Crippen LogP contribution in [0.1, 0.15) is 32.8 Å². The topological polar surface area (TPSA) is 70.8 Å². The summed E-state index contributed by atoms with van der Waals surface area (Å²) in [6, 6.07) is 5.66. The maximum absolute atomic E-state index is 11.7. The second-order valence-corrected chi connectivity index (χ2v) is 4.83. The van der Waals surface area contributed by atoms with Gasteiger partial charge in [-0.3, -0.25) is 0 Å². The first-order valence-corrected chi connectivity index (χ1v) is 7.28. The molecule has 1 aromatic carbocycles. The molecule has 1 aromatic rings. The van der Waals surface area contributed by atoms with Crippen molar-refractivity contribution in [1.82, 2.24) is 0 Å². The summed E-state index contributed by atoms with van der Waals surface area (Å²) in [6.07, 6.45) is 0.834. The highest BCUT2D eigenvalue weighted by Gasteiger charge is 2.20. The molecule has 118 valence electrons. The summed E-state index contributed by atoms with van der Waals surface area (Å²) >= 11 is 0. The molecule has 0 bridgehead atoms. The third-order valence-corrected chi connectivity index (χ3v) is 3.20. The number of hydrogen-bond acceptors (Lipinski definition) is 5. The van der Waals surface area contributed by atoms with E-state index in [0.29, 0.717) is 24.5 Å². The van der Waals surface area contributed by atoms with Crippen LogP contribution in [-0.2, 0) is 16.0 Å². The van der Waals surface area contributed by atoms with Crippen molar-refractivity contribution in [1.29, 1.82) is 0 Å². The normalized spacial score (nSPS) is 13.4. The van der Waals surface area contributed by atoms with Crippen molar-refractivity contribution in [2.24, 2.45) is 5.73 Å². The number of ether oxygens (including phenoxy) is 3. The monoisotopic (exact) mass is 295 g/mol. The molecule has 5 nitrogen and oxygen atoms in total. The standard InChI is InChI=1S/C16H25NO4/c1-5-13(17)10-12-8-7-9-14(19-4)15(12)21-11(3)16(18)20-6-2/h7-9,11,13H,5-6,10,17H2,1-4H3. The molecule has 0 saturated carbocycles. The average molecular weight is 295 g/mol. The number of carbonyl (C=O) groups is 1. The zero-order chi connectivity index (χ0) is 15.8. The first-order valence-electron chi connectivity index (χ1n) is 7.28. The summed E-state index contributed by atoms with van der Waals surface area (Å²) in [5, 5.41) is 0. The van der Waals surface area contributed by atoms with Gasteiger partial charge in [0.1, 0.15) is 0 Å². The van der Waals surface area contributed by atoms with Crippen molar-refractivity contribution in [3.63, 3.8) is 0 Å². The van der Waals surface area contributed by atoms with Gasteiger partial charge in [0.05, 0.1) is 13.7 Å². The molecule has 5 heteroatoms. The zero-order valence-corrected chi connectivity index (χ0v) is 13.2. The lowest BCUT2D eigenvalue weighted by Gasteiger charge is -2.20. The van der Waals surface area contributed by atoms with Crippen LogP contribution in [0, 0.1) is 0 Å². The minimum Gasteiger partial charge on any atom is -0.493 e. The molecular weight excluding hydrogens is 270 g/mol. The van der Waals surface area contributed by atoms with Gasteiger partial charge in [0.2, 0.25) is 0 Å². The first kappa shape index (κ1) is 17.3. The Morgan fingerprint density at radius 2 is 2.05 bits per heavy atom. The van der Waals surface area contributed by atoms with Gasteiger partial charge in [0, 0.05) is 6.04 Å². The molecule has 0 heterocycles. The Hall–Kier alpha value is -1.75. The molecule has 0 aromatic heterocycles. The number of para-hydroxylation sites is 1. The zero-order valence-electron chi connectivity index (χ0n) is 13.2. The molecule has 2 N–H and O–H groups in total. The molecule has 0 fully saturated rings. The lowest BCUT2D eigenvalue weighted by molar-refractivity contribution is -0.150. The minimum atomic E-state index is -0.696. The van der Waals surface area contributed by atoms with E-state index in [1.807, 2.05) is 19.1 Å². The van der Waals surface area contributed by atoms with Crippen LogP contribution in [0.25, 0.3) is 0 Å². The van der Waals surface area contributed by atoms with E-state index in [0.717, 1.165) is 12.0 Å². The van der Waals surface area contributed by atoms with Gasteiger partial charge in [-0.15, -0.1) is 0 Å². The summed E-state index contributed by atoms with van der Waals surface area (Å²) < 4.78 is 16.1. The Balaban J connectivity index is 2.98. The third-order valence-electron chi connectivity index (χ3n) is 3.20. The molecule has 0 aliphatic rings. The number of methoxy groups -OCH3 is 1. The Bertz CT molecular complexity index is 462. The summed E-state index contributed by atoms with van der Waals surface area (Å²) in [5.74, 6) is 0.755. The van der Waals surface area contributed by atoms with Crippen LogP contribution in [0.2, 0.25) is 0 Å². The van der Waals surface area contributed by atoms with Gasteiger partial charge in [0.15, 0.2) is 17.6 Å². The second kappa shape index (κ2) is 8.52. The Kier molecular flexibility index (Phi) is 7.02. The summed E-state index contributed by atoms with van der Waals surface area (Å²) in [4.78, 5) is 11.7. The molecule has 21 heavy (non-hydrogen) atoms. The van der Waals surface area contributed by atoms with Crippen LogP contribution >= 0.6 is 0 Å². The summed E-state index contributed by atoms with van der Waals surface area (Å²) in [7, 11) is 1.57. The van der Waals surface area contributed by atoms with Gasteiger partial charge in [-0.1, -0.05) is 19.1 Å². The Morgan fingerprint density at radius 3 is 2.62 bits per heavy atom. The molecular formula is C16H25NO4. The minimum absolute atomic E-state index is 0.0392. The van der Waals surface area contributed by atoms with Crippen LogP contribution in [-0.4, -0.2) is 31.8 Å². The largest absolute Gasteiger partial charge is 0.493 e. The number of rotatable bonds is 8. The van der Waals surface area contributed by atoms with Gasteiger partial charge in [-0.2, -0.15) is 0 Å². The molecule has 0 aliphatic heterocycles. The number of hydrogen-bond donors (Lipinski definition) is 1. The van der Waals surface area contributed by atoms with Crippen LogP contribution in [0.15, 0.2) is 18.2 Å². The lowest BCUT2D eigenvalue weighted by atomic mass is 10.0. The van der Waals surface area contributed by atoms with Crippen LogP contribution < -0.4 is 15.2 Å². The van der Waals surface area contributed by atoms with Crippen molar-refractivity contribution in [2.45, 2.75) is 45.8 Å². The predicted molar refractivity (Wildman–Crippen MR) is 81.7 cm³/mol. The van der Waals surface area contributed by atoms with Crippen molar-refractivity contribution in [3.8, 4) is 11.5 Å². The lowest BCUT2D eigenvalue weighted by Crippen LogP contribution is -2.27. The van der Waals surface area contributed by atoms with E-state index in [2.05, 4.69) is 0 Å². The van der Waals surface area contributed by atoms with E-state index in [1.54, 1.807) is 27.0 Å². The van der Waals surface area contributed by atoms with E-state index in [-0.39, 0.29) is 6.04 Å². The molecule has 0 amide bonds. The van der Waals surface area contributed by atoms with Crippen LogP contribution in [0.4, 0.5) is 0 Å². The highest BCUT2D eigenvalue weighted by molar-refractivity contribution is 5.74. The summed E-state index contributed by atoms with van der Waals surface area (Å²) in [5.41, 5.74) is 6.95. The molecule has 0 saturated heterocycles. The Morgan fingerprint density at radius 1 is 1.33 bits per heavy atom. The summed E-state index contributed by atoms with van der Waals surface area (Å²) in [6.45, 7) is 5.78. The van der Waals surface area contributed by atoms with Gasteiger partial charge in [-0.05, 0) is 38.3 Å². The van der Waals surface area contributed by atoms with Crippen molar-refractivity contribution in [3.05, 3.63) is 23.8 Å². The Labute approximate surface area is 126 Å². The van der Waals surface area contributed by atoms with Gasteiger partial charge in [0.25, 0.3) is 0 Å². The number of nitrogens with two attached hydrogens (primary N) is 1. The van der Waals surface area contributed by atoms with Crippen LogP contribution in [0.3, 0.4) is 0 Å². The first-order chi connectivity index (χ1) is 10.0. The van der Waals surface area contributed by atoms with Crippen molar-refractivity contribution < 1.29 is 19.0 Å². The molecule has 1 rings (SSSR count). The number of carbonyl (C=O) groups excluding carboxylic acids is 1. The fourth-order valence-electron chi connectivity index (χ4n) is 1.93. The van der Waals surface area contributed by atoms with Crippen LogP contribution in [0.5, 0.6) is 11.5 Å². The molecule has 0 radical (unpaired) electrons. The highest BCUT2D eigenvalue weighted by Crippen LogP contribution is 2.33. The molecule has 2 atom stereocenters. The second-order valence-electron chi connectivity index (χ2n) is 4.83. The van der Waals surface area contributed by atoms with Gasteiger partial charge < -0.3 is 19.9 Å². The van der Waals surface area contributed by atoms with E-state index < -0.39 is 12.1 Å². The predicted octanol–water partition coefficient (Wildman–Crippen LogP) is 2.31. The SMILES string of the molecule is CCOC(=O)C(C)Oc1c(CC(N)CC)cccc1OC. The smallest absolute Gasteiger partial charge is 0.347 e. The highest BCUT2D eigenvalue weighted by atomic mass is 16.6. The third kappa shape index (κ3) is 4.93.